The van der Waals surface area contributed by atoms with Crippen LogP contribution in [-0.4, -0.2) is 126 Å². The van der Waals surface area contributed by atoms with Gasteiger partial charge in [-0.1, -0.05) is 4.40 Å². The standard InChI is InChI=1S/C20H24FN5O3S.C20H23FN4O3/c1-20(2,3)30(29)24-17(14-4-6-16(21)7-5-14)15-12-22-18(23-13-15)25-8-10-26(11-9-25)19(27)28;1-20(2,3)28-19(27)25-10-8-24(9-11-25)18-22-12-15(13-23-18)17(26)14-4-6-16(21)7-5-14/h4-7,12-13H,8-11H2,1-3H3,(H,27,28);4-7,12-13H,8-11H2,1-3H3. The van der Waals surface area contributed by atoms with E-state index in [-0.39, 0.29) is 17.7 Å². The largest absolute Gasteiger partial charge is 0.591 e. The fourth-order valence-electron chi connectivity index (χ4n) is 5.59. The molecule has 6 rings (SSSR count). The molecular formula is C40H47F2N9O6S. The summed E-state index contributed by atoms with van der Waals surface area (Å²) in [5.41, 5.74) is 1.79. The Morgan fingerprint density at radius 3 is 1.48 bits per heavy atom. The van der Waals surface area contributed by atoms with E-state index in [0.717, 1.165) is 0 Å². The topological polar surface area (TPSA) is 181 Å². The Balaban J connectivity index is 0.000000221. The lowest BCUT2D eigenvalue weighted by Gasteiger charge is -2.35. The highest BCUT2D eigenvalue weighted by Gasteiger charge is 2.29. The van der Waals surface area contributed by atoms with Crippen molar-refractivity contribution in [1.82, 2.24) is 29.7 Å². The molecule has 0 spiro atoms. The van der Waals surface area contributed by atoms with E-state index in [1.807, 2.05) is 51.3 Å². The monoisotopic (exact) mass is 819 g/mol. The van der Waals surface area contributed by atoms with Gasteiger partial charge in [-0.3, -0.25) is 4.79 Å². The van der Waals surface area contributed by atoms with Crippen molar-refractivity contribution in [2.75, 3.05) is 62.2 Å². The first kappa shape index (κ1) is 43.4. The maximum absolute atomic E-state index is 13.4. The molecule has 0 radical (unpaired) electrons. The Hall–Kier alpha value is -5.75. The second-order valence-electron chi connectivity index (χ2n) is 15.4. The van der Waals surface area contributed by atoms with Crippen molar-refractivity contribution in [3.8, 4) is 0 Å². The number of rotatable bonds is 7. The quantitative estimate of drug-likeness (QED) is 0.138. The van der Waals surface area contributed by atoms with Gasteiger partial charge in [-0.05, 0) is 90.1 Å². The Bertz CT molecular complexity index is 2050. The minimum absolute atomic E-state index is 0.263. The minimum Gasteiger partial charge on any atom is -0.591 e. The van der Waals surface area contributed by atoms with Gasteiger partial charge in [0.05, 0.1) is 5.56 Å². The van der Waals surface area contributed by atoms with Crippen LogP contribution in [0.5, 0.6) is 0 Å². The number of halogens is 2. The van der Waals surface area contributed by atoms with Gasteiger partial charge in [-0.15, -0.1) is 0 Å². The van der Waals surface area contributed by atoms with Gasteiger partial charge in [0.15, 0.2) is 5.78 Å². The first-order valence-corrected chi connectivity index (χ1v) is 19.7. The van der Waals surface area contributed by atoms with Crippen LogP contribution < -0.4 is 9.80 Å². The normalized spacial score (nSPS) is 15.6. The average molecular weight is 820 g/mol. The number of aromatic nitrogens is 4. The zero-order valence-corrected chi connectivity index (χ0v) is 34.1. The van der Waals surface area contributed by atoms with Gasteiger partial charge in [-0.2, -0.15) is 0 Å². The van der Waals surface area contributed by atoms with Gasteiger partial charge in [0.25, 0.3) is 0 Å². The summed E-state index contributed by atoms with van der Waals surface area (Å²) in [6.45, 7) is 14.9. The summed E-state index contributed by atoms with van der Waals surface area (Å²) >= 11 is -1.52. The summed E-state index contributed by atoms with van der Waals surface area (Å²) < 4.78 is 48.2. The fourth-order valence-corrected chi connectivity index (χ4v) is 6.24. The predicted octanol–water partition coefficient (Wildman–Crippen LogP) is 5.62. The molecule has 18 heteroatoms. The number of amides is 2. The number of piperazine rings is 2. The average Bonchev–Trinajstić information content (AvgIpc) is 3.20. The molecule has 2 saturated heterocycles. The highest BCUT2D eigenvalue weighted by Crippen LogP contribution is 2.22. The number of hydrogen-bond acceptors (Lipinski definition) is 12. The van der Waals surface area contributed by atoms with E-state index in [4.69, 9.17) is 9.84 Å². The summed E-state index contributed by atoms with van der Waals surface area (Å²) in [6, 6.07) is 11.1. The molecule has 1 N–H and O–H groups in total. The third-order valence-corrected chi connectivity index (χ3v) is 10.2. The van der Waals surface area contributed by atoms with Crippen LogP contribution in [0.25, 0.3) is 0 Å². The van der Waals surface area contributed by atoms with Gasteiger partial charge in [0.1, 0.15) is 39.1 Å². The molecule has 58 heavy (non-hydrogen) atoms. The molecule has 1 unspecified atom stereocenters. The fraction of sp³-hybridized carbons (Fsp3) is 0.400. The molecule has 0 bridgehead atoms. The Morgan fingerprint density at radius 2 is 1.07 bits per heavy atom. The lowest BCUT2D eigenvalue weighted by molar-refractivity contribution is 0.0240. The molecule has 4 aromatic rings. The van der Waals surface area contributed by atoms with Gasteiger partial charge in [0.2, 0.25) is 11.9 Å². The molecule has 1 atom stereocenters. The predicted molar refractivity (Wildman–Crippen MR) is 216 cm³/mol. The number of anilines is 2. The lowest BCUT2D eigenvalue weighted by Crippen LogP contribution is -2.50. The number of ether oxygens (including phenoxy) is 1. The summed E-state index contributed by atoms with van der Waals surface area (Å²) in [5.74, 6) is -0.0456. The summed E-state index contributed by atoms with van der Waals surface area (Å²) in [7, 11) is 0. The van der Waals surface area contributed by atoms with Crippen LogP contribution in [0.3, 0.4) is 0 Å². The first-order valence-electron chi connectivity index (χ1n) is 18.5. The summed E-state index contributed by atoms with van der Waals surface area (Å²) in [4.78, 5) is 59.8. The van der Waals surface area contributed by atoms with Crippen LogP contribution in [0.15, 0.2) is 77.7 Å². The summed E-state index contributed by atoms with van der Waals surface area (Å²) in [5, 5.41) is 9.06. The van der Waals surface area contributed by atoms with Crippen molar-refractivity contribution in [2.45, 2.75) is 51.9 Å². The molecule has 2 aliphatic rings. The van der Waals surface area contributed by atoms with Crippen LogP contribution in [0.2, 0.25) is 0 Å². The van der Waals surface area contributed by atoms with Crippen LogP contribution >= 0.6 is 0 Å². The van der Waals surface area contributed by atoms with E-state index >= 15 is 0 Å². The Labute approximate surface area is 339 Å². The van der Waals surface area contributed by atoms with Crippen LogP contribution in [0, 0.1) is 11.6 Å². The highest BCUT2D eigenvalue weighted by atomic mass is 32.2. The Morgan fingerprint density at radius 1 is 0.655 bits per heavy atom. The molecule has 308 valence electrons. The molecule has 2 aromatic carbocycles. The van der Waals surface area contributed by atoms with Crippen LogP contribution in [-0.2, 0) is 16.1 Å². The van der Waals surface area contributed by atoms with E-state index in [2.05, 4.69) is 24.3 Å². The second kappa shape index (κ2) is 18.7. The van der Waals surface area contributed by atoms with E-state index in [1.165, 1.54) is 53.7 Å². The number of ketones is 1. The van der Waals surface area contributed by atoms with Gasteiger partial charge >= 0.3 is 12.2 Å². The summed E-state index contributed by atoms with van der Waals surface area (Å²) in [6.07, 6.45) is 4.86. The molecule has 15 nitrogen and oxygen atoms in total. The molecule has 2 aromatic heterocycles. The van der Waals surface area contributed by atoms with Crippen LogP contribution in [0.1, 0.15) is 68.6 Å². The van der Waals surface area contributed by atoms with Crippen LogP contribution in [0.4, 0.5) is 30.3 Å². The number of carbonyl (C=O) groups excluding carboxylic acids is 2. The van der Waals surface area contributed by atoms with Crippen molar-refractivity contribution >= 4 is 46.9 Å². The Kier molecular flexibility index (Phi) is 14.0. The van der Waals surface area contributed by atoms with Crippen molar-refractivity contribution < 1.29 is 37.6 Å². The van der Waals surface area contributed by atoms with E-state index in [9.17, 15) is 27.7 Å². The SMILES string of the molecule is CC(C)(C)OC(=O)N1CCN(c2ncc(C(=O)c3ccc(F)cc3)cn2)CC1.CC(C)(C)[S+]([O-])N=C(c1ccc(F)cc1)c1cnc(N2CCN(C(=O)O)CC2)nc1. The van der Waals surface area contributed by atoms with Gasteiger partial charge < -0.3 is 34.0 Å². The molecule has 2 amide bonds. The number of nitrogens with zero attached hydrogens (tertiary/aromatic N) is 9. The molecule has 2 fully saturated rings. The third kappa shape index (κ3) is 11.9. The zero-order chi connectivity index (χ0) is 42.2. The molecule has 4 heterocycles. The first-order chi connectivity index (χ1) is 27.4. The zero-order valence-electron chi connectivity index (χ0n) is 33.3. The minimum atomic E-state index is -1.52. The van der Waals surface area contributed by atoms with Crippen molar-refractivity contribution in [2.24, 2.45) is 4.40 Å². The lowest BCUT2D eigenvalue weighted by atomic mass is 10.1. The molecule has 2 aliphatic heterocycles. The molecular weight excluding hydrogens is 773 g/mol. The van der Waals surface area contributed by atoms with Crippen molar-refractivity contribution in [3.05, 3.63) is 107 Å². The number of carboxylic acid groups (broad SMARTS) is 1. The highest BCUT2D eigenvalue weighted by molar-refractivity contribution is 7.91. The maximum atomic E-state index is 13.4. The third-order valence-electron chi connectivity index (χ3n) is 8.78. The number of benzene rings is 2. The molecule has 0 aliphatic carbocycles. The van der Waals surface area contributed by atoms with Crippen molar-refractivity contribution in [3.63, 3.8) is 0 Å². The van der Waals surface area contributed by atoms with E-state index < -0.39 is 33.6 Å². The smallest absolute Gasteiger partial charge is 0.410 e. The van der Waals surface area contributed by atoms with Crippen molar-refractivity contribution in [1.29, 1.82) is 0 Å². The van der Waals surface area contributed by atoms with Gasteiger partial charge in [-0.25, -0.2) is 38.3 Å². The second-order valence-corrected chi connectivity index (χ2v) is 17.3. The number of hydrogen-bond donors (Lipinski definition) is 1. The van der Waals surface area contributed by atoms with Gasteiger partial charge in [0, 0.05) is 93.8 Å². The maximum Gasteiger partial charge on any atom is 0.410 e. The van der Waals surface area contributed by atoms with E-state index in [1.54, 1.807) is 29.4 Å². The van der Waals surface area contributed by atoms with E-state index in [0.29, 0.717) is 92.2 Å². The molecule has 0 saturated carbocycles. The number of carbonyl (C=O) groups is 3.